The molecule has 0 fully saturated rings. The SMILES string of the molecule is CC1(C)c2ccccc2-c2cc3c4ccccc4n(-c4cccc(N5C(=O)N(c6ccccc6)c6ccccc6C5O)c4)c3cc21. The van der Waals surface area contributed by atoms with Gasteiger partial charge < -0.3 is 9.67 Å². The van der Waals surface area contributed by atoms with E-state index in [1.54, 1.807) is 4.90 Å². The minimum atomic E-state index is -1.14. The molecule has 222 valence electrons. The Labute approximate surface area is 267 Å². The van der Waals surface area contributed by atoms with Crippen molar-refractivity contribution in [2.75, 3.05) is 9.80 Å². The second-order valence-corrected chi connectivity index (χ2v) is 12.7. The number of rotatable bonds is 3. The van der Waals surface area contributed by atoms with Gasteiger partial charge in [-0.05, 0) is 76.9 Å². The lowest BCUT2D eigenvalue weighted by Crippen LogP contribution is -2.47. The van der Waals surface area contributed by atoms with E-state index in [-0.39, 0.29) is 11.4 Å². The molecular formula is C41H31N3O2. The molecule has 2 heterocycles. The third-order valence-corrected chi connectivity index (χ3v) is 9.85. The molecule has 9 rings (SSSR count). The number of aliphatic hydroxyl groups excluding tert-OH is 1. The fourth-order valence-electron chi connectivity index (χ4n) is 7.67. The van der Waals surface area contributed by atoms with Gasteiger partial charge >= 0.3 is 6.03 Å². The van der Waals surface area contributed by atoms with Crippen LogP contribution in [-0.4, -0.2) is 15.7 Å². The molecule has 0 radical (unpaired) electrons. The van der Waals surface area contributed by atoms with Crippen LogP contribution in [-0.2, 0) is 5.41 Å². The van der Waals surface area contributed by atoms with Gasteiger partial charge in [-0.2, -0.15) is 0 Å². The van der Waals surface area contributed by atoms with Gasteiger partial charge in [-0.3, -0.25) is 9.80 Å². The first-order chi connectivity index (χ1) is 22.4. The molecule has 0 saturated heterocycles. The van der Waals surface area contributed by atoms with Crippen molar-refractivity contribution >= 4 is 44.9 Å². The summed E-state index contributed by atoms with van der Waals surface area (Å²) in [7, 11) is 0. The maximum Gasteiger partial charge on any atom is 0.336 e. The number of benzene rings is 6. The van der Waals surface area contributed by atoms with Gasteiger partial charge in [0, 0.05) is 27.4 Å². The quantitative estimate of drug-likeness (QED) is 0.220. The summed E-state index contributed by atoms with van der Waals surface area (Å²) in [6.07, 6.45) is -1.14. The average Bonchev–Trinajstić information content (AvgIpc) is 3.53. The van der Waals surface area contributed by atoms with E-state index in [2.05, 4.69) is 85.1 Å². The van der Waals surface area contributed by atoms with Gasteiger partial charge in [-0.1, -0.05) is 98.8 Å². The Hall–Kier alpha value is -5.65. The number of amides is 2. The molecule has 6 aromatic carbocycles. The Bertz CT molecular complexity index is 2350. The highest BCUT2D eigenvalue weighted by atomic mass is 16.3. The summed E-state index contributed by atoms with van der Waals surface area (Å²) in [5.41, 5.74) is 10.9. The van der Waals surface area contributed by atoms with Crippen molar-refractivity contribution in [1.29, 1.82) is 0 Å². The van der Waals surface area contributed by atoms with E-state index < -0.39 is 6.23 Å². The smallest absolute Gasteiger partial charge is 0.336 e. The van der Waals surface area contributed by atoms with Gasteiger partial charge in [0.15, 0.2) is 6.23 Å². The number of aliphatic hydroxyl groups is 1. The zero-order valence-corrected chi connectivity index (χ0v) is 25.6. The molecule has 1 aliphatic carbocycles. The zero-order chi connectivity index (χ0) is 31.2. The summed E-state index contributed by atoms with van der Waals surface area (Å²) in [6, 6.07) is 46.7. The molecule has 0 bridgehead atoms. The van der Waals surface area contributed by atoms with Crippen molar-refractivity contribution in [2.24, 2.45) is 0 Å². The van der Waals surface area contributed by atoms with E-state index in [0.717, 1.165) is 22.4 Å². The monoisotopic (exact) mass is 597 g/mol. The second kappa shape index (κ2) is 9.67. The molecule has 7 aromatic rings. The molecule has 0 spiro atoms. The summed E-state index contributed by atoms with van der Waals surface area (Å²) >= 11 is 0. The standard InChI is InChI=1S/C41H31N3O2/c1-41(2)34-20-9-6-17-29(34)32-24-33-30-18-7-10-21-36(30)42(38(33)25-35(32)41)27-15-12-16-28(23-27)44-39(45)31-19-8-11-22-37(31)43(40(44)46)26-13-4-3-5-14-26/h3-25,39,45H,1-2H3. The maximum atomic E-state index is 14.3. The number of para-hydroxylation sites is 3. The Morgan fingerprint density at radius 3 is 2.15 bits per heavy atom. The van der Waals surface area contributed by atoms with Crippen LogP contribution in [0.3, 0.4) is 0 Å². The van der Waals surface area contributed by atoms with Crippen molar-refractivity contribution in [3.8, 4) is 16.8 Å². The van der Waals surface area contributed by atoms with E-state index in [9.17, 15) is 9.90 Å². The van der Waals surface area contributed by atoms with Crippen LogP contribution in [0.15, 0.2) is 140 Å². The highest BCUT2D eigenvalue weighted by Gasteiger charge is 2.39. The van der Waals surface area contributed by atoms with Crippen molar-refractivity contribution < 1.29 is 9.90 Å². The van der Waals surface area contributed by atoms with E-state index in [1.807, 2.05) is 72.8 Å². The lowest BCUT2D eigenvalue weighted by atomic mass is 9.82. The number of urea groups is 1. The fourth-order valence-corrected chi connectivity index (χ4v) is 7.67. The number of nitrogens with zero attached hydrogens (tertiary/aromatic N) is 3. The van der Waals surface area contributed by atoms with Crippen LogP contribution < -0.4 is 9.80 Å². The Morgan fingerprint density at radius 1 is 0.587 bits per heavy atom. The van der Waals surface area contributed by atoms with Crippen LogP contribution in [0, 0.1) is 0 Å². The summed E-state index contributed by atoms with van der Waals surface area (Å²) in [5, 5.41) is 14.1. The Morgan fingerprint density at radius 2 is 1.28 bits per heavy atom. The largest absolute Gasteiger partial charge is 0.369 e. The molecule has 1 atom stereocenters. The molecule has 2 amide bonds. The normalized spacial score (nSPS) is 16.5. The molecular weight excluding hydrogens is 566 g/mol. The number of hydrogen-bond acceptors (Lipinski definition) is 2. The van der Waals surface area contributed by atoms with Crippen molar-refractivity contribution in [2.45, 2.75) is 25.5 Å². The van der Waals surface area contributed by atoms with Gasteiger partial charge in [0.1, 0.15) is 0 Å². The molecule has 1 aromatic heterocycles. The van der Waals surface area contributed by atoms with Crippen LogP contribution in [0.2, 0.25) is 0 Å². The first kappa shape index (κ1) is 26.7. The number of hydrogen-bond donors (Lipinski definition) is 1. The Kier molecular flexibility index (Phi) is 5.62. The van der Waals surface area contributed by atoms with Gasteiger partial charge in [0.25, 0.3) is 0 Å². The van der Waals surface area contributed by atoms with Gasteiger partial charge in [0.05, 0.1) is 28.1 Å². The van der Waals surface area contributed by atoms with Gasteiger partial charge in [-0.15, -0.1) is 0 Å². The summed E-state index contributed by atoms with van der Waals surface area (Å²) in [5.74, 6) is 0. The predicted octanol–water partition coefficient (Wildman–Crippen LogP) is 9.86. The number of aromatic nitrogens is 1. The number of carbonyl (C=O) groups is 1. The van der Waals surface area contributed by atoms with E-state index in [4.69, 9.17) is 0 Å². The summed E-state index contributed by atoms with van der Waals surface area (Å²) < 4.78 is 2.29. The maximum absolute atomic E-state index is 14.3. The number of anilines is 3. The minimum Gasteiger partial charge on any atom is -0.369 e. The first-order valence-corrected chi connectivity index (χ1v) is 15.7. The molecule has 1 N–H and O–H groups in total. The van der Waals surface area contributed by atoms with Crippen molar-refractivity contribution in [3.63, 3.8) is 0 Å². The van der Waals surface area contributed by atoms with Gasteiger partial charge in [0.2, 0.25) is 0 Å². The molecule has 0 saturated carbocycles. The third kappa shape index (κ3) is 3.63. The zero-order valence-electron chi connectivity index (χ0n) is 25.6. The lowest BCUT2D eigenvalue weighted by Gasteiger charge is -2.40. The van der Waals surface area contributed by atoms with E-state index in [0.29, 0.717) is 16.9 Å². The predicted molar refractivity (Wildman–Crippen MR) is 186 cm³/mol. The minimum absolute atomic E-state index is 0.137. The van der Waals surface area contributed by atoms with Crippen LogP contribution in [0.5, 0.6) is 0 Å². The molecule has 5 nitrogen and oxygen atoms in total. The Balaban J connectivity index is 1.24. The third-order valence-electron chi connectivity index (χ3n) is 9.85. The van der Waals surface area contributed by atoms with E-state index in [1.165, 1.54) is 37.9 Å². The highest BCUT2D eigenvalue weighted by Crippen LogP contribution is 2.51. The number of carbonyl (C=O) groups excluding carboxylic acids is 1. The fraction of sp³-hybridized carbons (Fsp3) is 0.0976. The van der Waals surface area contributed by atoms with Crippen molar-refractivity contribution in [3.05, 3.63) is 156 Å². The molecule has 2 aliphatic rings. The topological polar surface area (TPSA) is 48.7 Å². The average molecular weight is 598 g/mol. The van der Waals surface area contributed by atoms with Crippen molar-refractivity contribution in [1.82, 2.24) is 4.57 Å². The van der Waals surface area contributed by atoms with Crippen LogP contribution in [0.4, 0.5) is 21.9 Å². The summed E-state index contributed by atoms with van der Waals surface area (Å²) in [6.45, 7) is 4.60. The molecule has 46 heavy (non-hydrogen) atoms. The van der Waals surface area contributed by atoms with Gasteiger partial charge in [-0.25, -0.2) is 4.79 Å². The summed E-state index contributed by atoms with van der Waals surface area (Å²) in [4.78, 5) is 17.5. The van der Waals surface area contributed by atoms with Crippen LogP contribution in [0.25, 0.3) is 38.6 Å². The van der Waals surface area contributed by atoms with Crippen LogP contribution >= 0.6 is 0 Å². The molecule has 5 heteroatoms. The highest BCUT2D eigenvalue weighted by molar-refractivity contribution is 6.13. The van der Waals surface area contributed by atoms with Crippen LogP contribution in [0.1, 0.15) is 36.8 Å². The lowest BCUT2D eigenvalue weighted by molar-refractivity contribution is 0.168. The first-order valence-electron chi connectivity index (χ1n) is 15.7. The second-order valence-electron chi connectivity index (χ2n) is 12.7. The molecule has 1 aliphatic heterocycles. The van der Waals surface area contributed by atoms with E-state index >= 15 is 0 Å². The molecule has 1 unspecified atom stereocenters. The number of fused-ring (bicyclic) bond motifs is 7.